The number of aromatic nitrogens is 2. The number of fused-ring (bicyclic) bond motifs is 2. The van der Waals surface area contributed by atoms with Gasteiger partial charge in [0.2, 0.25) is 10.0 Å². The number of benzene rings is 2. The van der Waals surface area contributed by atoms with Gasteiger partial charge in [-0.3, -0.25) is 0 Å². The topological polar surface area (TPSA) is 198 Å². The standard InChI is InChI=1S/C10H10N2O4S.C9H8N2O3S/c1-16-10(13)8-5-6-7(12-8)3-2-4-9(6)17(11,14)15;10-15(14)8-3-1-2-6-5(8)4-7(11-6)9(12)13/h2-5,12H,1H3,(H2,11,14,15);1-4,11H,10H2,(H,12,13). The molecule has 4 aromatic rings. The van der Waals surface area contributed by atoms with Gasteiger partial charge >= 0.3 is 11.9 Å². The molecule has 0 bridgehead atoms. The molecular formula is C19H18N4O7S2. The highest BCUT2D eigenvalue weighted by Gasteiger charge is 2.16. The van der Waals surface area contributed by atoms with Crippen molar-refractivity contribution in [1.82, 2.24) is 9.97 Å². The summed E-state index contributed by atoms with van der Waals surface area (Å²) >= 11 is 0. The van der Waals surface area contributed by atoms with Crippen molar-refractivity contribution >= 4 is 54.8 Å². The van der Waals surface area contributed by atoms with Gasteiger partial charge in [0.15, 0.2) is 0 Å². The number of aromatic amines is 2. The highest BCUT2D eigenvalue weighted by molar-refractivity contribution is 7.89. The number of nitrogens with one attached hydrogen (secondary N) is 2. The zero-order valence-corrected chi connectivity index (χ0v) is 18.1. The van der Waals surface area contributed by atoms with Crippen LogP contribution in [0.1, 0.15) is 21.0 Å². The molecule has 0 radical (unpaired) electrons. The minimum absolute atomic E-state index is 0.0265. The maximum Gasteiger partial charge on any atom is 0.354 e. The Kier molecular flexibility index (Phi) is 6.45. The molecule has 1 atom stereocenters. The van der Waals surface area contributed by atoms with Crippen molar-refractivity contribution in [2.24, 2.45) is 10.3 Å². The Hall–Kier alpha value is -3.52. The Morgan fingerprint density at radius 1 is 1.00 bits per heavy atom. The first-order chi connectivity index (χ1) is 15.0. The maximum atomic E-state index is 11.3. The molecule has 7 N–H and O–H groups in total. The third-order valence-electron chi connectivity index (χ3n) is 4.41. The van der Waals surface area contributed by atoms with Crippen molar-refractivity contribution in [3.8, 4) is 0 Å². The number of hydrogen-bond acceptors (Lipinski definition) is 6. The van der Waals surface area contributed by atoms with E-state index in [4.69, 9.17) is 15.4 Å². The quantitative estimate of drug-likeness (QED) is 0.273. The molecule has 0 amide bonds. The number of rotatable bonds is 4. The van der Waals surface area contributed by atoms with Gasteiger partial charge in [0.25, 0.3) is 0 Å². The lowest BCUT2D eigenvalue weighted by atomic mass is 10.2. The van der Waals surface area contributed by atoms with E-state index in [1.54, 1.807) is 30.3 Å². The van der Waals surface area contributed by atoms with Gasteiger partial charge in [0, 0.05) is 21.8 Å². The molecule has 1 unspecified atom stereocenters. The summed E-state index contributed by atoms with van der Waals surface area (Å²) in [6.45, 7) is 0. The number of sulfonamides is 1. The van der Waals surface area contributed by atoms with E-state index >= 15 is 0 Å². The molecule has 32 heavy (non-hydrogen) atoms. The van der Waals surface area contributed by atoms with Gasteiger partial charge in [0.05, 0.1) is 16.9 Å². The number of ether oxygens (including phenoxy) is 1. The number of carboxylic acids is 1. The predicted octanol–water partition coefficient (Wildman–Crippen LogP) is 1.45. The fourth-order valence-corrected chi connectivity index (χ4v) is 4.36. The van der Waals surface area contributed by atoms with Crippen molar-refractivity contribution in [2.75, 3.05) is 7.11 Å². The van der Waals surface area contributed by atoms with Crippen molar-refractivity contribution < 1.29 is 32.1 Å². The minimum atomic E-state index is -3.82. The Bertz CT molecular complexity index is 1470. The van der Waals surface area contributed by atoms with Crippen molar-refractivity contribution in [2.45, 2.75) is 9.79 Å². The first kappa shape index (κ1) is 23.1. The SMILES string of the molecule is COC(=O)c1cc2c(S(N)(=O)=O)cccc2[nH]1.NS(=O)c1cccc2[nH]c(C(=O)O)cc12. The van der Waals surface area contributed by atoms with Crippen LogP contribution in [0.15, 0.2) is 58.3 Å². The number of carbonyl (C=O) groups excluding carboxylic acids is 1. The largest absolute Gasteiger partial charge is 0.477 e. The van der Waals surface area contributed by atoms with Crippen LogP contribution < -0.4 is 10.3 Å². The second-order valence-electron chi connectivity index (χ2n) is 6.44. The number of methoxy groups -OCH3 is 1. The molecule has 13 heteroatoms. The second-order valence-corrected chi connectivity index (χ2v) is 9.00. The molecule has 2 aromatic heterocycles. The lowest BCUT2D eigenvalue weighted by Gasteiger charge is -1.98. The summed E-state index contributed by atoms with van der Waals surface area (Å²) in [5.74, 6) is -1.62. The molecule has 2 aromatic carbocycles. The maximum absolute atomic E-state index is 11.3. The summed E-state index contributed by atoms with van der Waals surface area (Å²) in [6, 6.07) is 12.4. The zero-order chi connectivity index (χ0) is 23.6. The first-order valence-electron chi connectivity index (χ1n) is 8.77. The lowest BCUT2D eigenvalue weighted by molar-refractivity contribution is 0.0594. The molecule has 0 saturated heterocycles. The van der Waals surface area contributed by atoms with Gasteiger partial charge < -0.3 is 19.8 Å². The van der Waals surface area contributed by atoms with Crippen molar-refractivity contribution in [1.29, 1.82) is 0 Å². The molecule has 0 aliphatic carbocycles. The molecule has 0 aliphatic rings. The van der Waals surface area contributed by atoms with Gasteiger partial charge in [-0.25, -0.2) is 32.5 Å². The molecule has 0 fully saturated rings. The van der Waals surface area contributed by atoms with Crippen molar-refractivity contribution in [3.63, 3.8) is 0 Å². The van der Waals surface area contributed by atoms with Crippen LogP contribution >= 0.6 is 0 Å². The van der Waals surface area contributed by atoms with E-state index in [1.165, 1.54) is 25.3 Å². The number of hydrogen-bond donors (Lipinski definition) is 5. The summed E-state index contributed by atoms with van der Waals surface area (Å²) in [5, 5.41) is 20.1. The van der Waals surface area contributed by atoms with Gasteiger partial charge in [-0.15, -0.1) is 0 Å². The number of carboxylic acid groups (broad SMARTS) is 1. The van der Waals surface area contributed by atoms with E-state index < -0.39 is 32.9 Å². The molecule has 0 spiro atoms. The second kappa shape index (κ2) is 8.92. The molecule has 0 saturated carbocycles. The predicted molar refractivity (Wildman–Crippen MR) is 117 cm³/mol. The van der Waals surface area contributed by atoms with E-state index in [0.29, 0.717) is 26.7 Å². The molecule has 0 aliphatic heterocycles. The van der Waals surface area contributed by atoms with Gasteiger partial charge in [-0.1, -0.05) is 12.1 Å². The summed E-state index contributed by atoms with van der Waals surface area (Å²) in [6.07, 6.45) is 0. The summed E-state index contributed by atoms with van der Waals surface area (Å²) in [5.41, 5.74) is 1.36. The fraction of sp³-hybridized carbons (Fsp3) is 0.0526. The average molecular weight is 479 g/mol. The van der Waals surface area contributed by atoms with Gasteiger partial charge in [-0.05, 0) is 36.4 Å². The fourth-order valence-electron chi connectivity index (χ4n) is 3.01. The smallest absolute Gasteiger partial charge is 0.354 e. The van der Waals surface area contributed by atoms with E-state index in [-0.39, 0.29) is 16.3 Å². The number of aromatic carboxylic acids is 1. The first-order valence-corrected chi connectivity index (χ1v) is 11.5. The summed E-state index contributed by atoms with van der Waals surface area (Å²) in [7, 11) is -4.19. The Balaban J connectivity index is 0.000000182. The number of carbonyl (C=O) groups is 2. The molecule has 4 rings (SSSR count). The van der Waals surface area contributed by atoms with Gasteiger partial charge in [-0.2, -0.15) is 0 Å². The Morgan fingerprint density at radius 2 is 1.56 bits per heavy atom. The van der Waals surface area contributed by atoms with E-state index in [0.717, 1.165) is 0 Å². The van der Waals surface area contributed by atoms with E-state index in [2.05, 4.69) is 14.7 Å². The average Bonchev–Trinajstić information content (AvgIpc) is 3.36. The Morgan fingerprint density at radius 3 is 2.12 bits per heavy atom. The molecule has 11 nitrogen and oxygen atoms in total. The van der Waals surface area contributed by atoms with E-state index in [1.807, 2.05) is 0 Å². The van der Waals surface area contributed by atoms with Crippen LogP contribution in [0.2, 0.25) is 0 Å². The molecule has 168 valence electrons. The summed E-state index contributed by atoms with van der Waals surface area (Å²) < 4.78 is 38.4. The van der Waals surface area contributed by atoms with Crippen LogP contribution in [-0.2, 0) is 25.7 Å². The summed E-state index contributed by atoms with van der Waals surface area (Å²) in [4.78, 5) is 27.9. The highest BCUT2D eigenvalue weighted by Crippen LogP contribution is 2.23. The third-order valence-corrected chi connectivity index (χ3v) is 6.17. The zero-order valence-electron chi connectivity index (χ0n) is 16.5. The highest BCUT2D eigenvalue weighted by atomic mass is 32.2. The van der Waals surface area contributed by atoms with Crippen LogP contribution in [0.3, 0.4) is 0 Å². The van der Waals surface area contributed by atoms with Crippen LogP contribution in [0.4, 0.5) is 0 Å². The number of primary sulfonamides is 1. The molecule has 2 heterocycles. The number of H-pyrrole nitrogens is 2. The minimum Gasteiger partial charge on any atom is -0.477 e. The monoisotopic (exact) mass is 478 g/mol. The molecular weight excluding hydrogens is 460 g/mol. The van der Waals surface area contributed by atoms with Crippen LogP contribution in [0.5, 0.6) is 0 Å². The normalized spacial score (nSPS) is 12.2. The number of esters is 1. The van der Waals surface area contributed by atoms with Crippen LogP contribution in [0.25, 0.3) is 21.8 Å². The number of nitrogens with two attached hydrogens (primary N) is 2. The van der Waals surface area contributed by atoms with Crippen LogP contribution in [-0.4, -0.2) is 46.7 Å². The van der Waals surface area contributed by atoms with Crippen molar-refractivity contribution in [3.05, 3.63) is 59.9 Å². The Labute approximate surface area is 184 Å². The van der Waals surface area contributed by atoms with E-state index in [9.17, 15) is 22.2 Å². The lowest BCUT2D eigenvalue weighted by Crippen LogP contribution is -2.12. The third kappa shape index (κ3) is 4.70. The van der Waals surface area contributed by atoms with Gasteiger partial charge in [0.1, 0.15) is 22.4 Å². The van der Waals surface area contributed by atoms with Crippen LogP contribution in [0, 0.1) is 0 Å².